The number of benzene rings is 2. The van der Waals surface area contributed by atoms with Gasteiger partial charge >= 0.3 is 0 Å². The number of para-hydroxylation sites is 2. The smallest absolute Gasteiger partial charge is 0.119 e. The fourth-order valence-corrected chi connectivity index (χ4v) is 4.38. The summed E-state index contributed by atoms with van der Waals surface area (Å²) in [7, 11) is 0. The van der Waals surface area contributed by atoms with Gasteiger partial charge in [-0.25, -0.2) is 4.98 Å². The summed E-state index contributed by atoms with van der Waals surface area (Å²) in [6.07, 6.45) is 1.87. The Kier molecular flexibility index (Phi) is 3.10. The van der Waals surface area contributed by atoms with Crippen LogP contribution in [0.15, 0.2) is 79.0 Å². The summed E-state index contributed by atoms with van der Waals surface area (Å²) in [6.45, 7) is 0. The topological polar surface area (TPSA) is 28.8 Å². The van der Waals surface area contributed by atoms with Crippen LogP contribution in [0.1, 0.15) is 22.8 Å². The molecule has 1 fully saturated rings. The van der Waals surface area contributed by atoms with Gasteiger partial charge in [-0.2, -0.15) is 0 Å². The van der Waals surface area contributed by atoms with Crippen LogP contribution in [0.25, 0.3) is 10.2 Å². The third kappa shape index (κ3) is 2.19. The highest BCUT2D eigenvalue weighted by Crippen LogP contribution is 2.57. The lowest BCUT2D eigenvalue weighted by molar-refractivity contribution is 0.959. The van der Waals surface area contributed by atoms with E-state index in [0.717, 1.165) is 16.2 Å². The fraction of sp³-hybridized carbons (Fsp3) is 0.100. The molecule has 2 atom stereocenters. The molecule has 0 radical (unpaired) electrons. The second-order valence-corrected chi connectivity index (χ2v) is 6.97. The first-order valence-corrected chi connectivity index (χ1v) is 8.83. The lowest BCUT2D eigenvalue weighted by Gasteiger charge is -2.04. The Morgan fingerprint density at radius 1 is 0.792 bits per heavy atom. The summed E-state index contributed by atoms with van der Waals surface area (Å²) in [5.41, 5.74) is 3.40. The molecule has 4 heteroatoms. The predicted octanol–water partition coefficient (Wildman–Crippen LogP) is 4.99. The molecule has 5 rings (SSSR count). The molecular weight excluding hydrogens is 314 g/mol. The normalized spacial score (nSPS) is 19.6. The Morgan fingerprint density at radius 3 is 2.38 bits per heavy atom. The van der Waals surface area contributed by atoms with Crippen LogP contribution in [0.2, 0.25) is 0 Å². The van der Waals surface area contributed by atoms with E-state index in [1.54, 1.807) is 11.3 Å². The zero-order valence-corrected chi connectivity index (χ0v) is 13.7. The van der Waals surface area contributed by atoms with Crippen LogP contribution >= 0.6 is 11.3 Å². The third-order valence-corrected chi connectivity index (χ3v) is 5.52. The largest absolute Gasteiger partial charge is 0.348 e. The summed E-state index contributed by atoms with van der Waals surface area (Å²) in [4.78, 5) is 11.9. The first kappa shape index (κ1) is 13.7. The van der Waals surface area contributed by atoms with Crippen LogP contribution in [0.3, 0.4) is 0 Å². The number of pyridine rings is 1. The van der Waals surface area contributed by atoms with E-state index >= 15 is 0 Å². The standard InChI is InChI=1S/C20H15N3S/c1-2-8-14(9-3-1)23-18(16-11-6-7-13-21-16)19(23)20-22-15-10-4-5-12-17(15)24-20/h1-13,18-19H/t18-,19+,23?/m0/s1. The summed E-state index contributed by atoms with van der Waals surface area (Å²) < 4.78 is 1.24. The second-order valence-electron chi connectivity index (χ2n) is 5.91. The third-order valence-electron chi connectivity index (χ3n) is 4.42. The number of aromatic nitrogens is 2. The molecule has 0 unspecified atom stereocenters. The van der Waals surface area contributed by atoms with Gasteiger partial charge in [-0.3, -0.25) is 4.98 Å². The van der Waals surface area contributed by atoms with Crippen molar-refractivity contribution in [2.45, 2.75) is 12.1 Å². The molecule has 0 spiro atoms. The van der Waals surface area contributed by atoms with Gasteiger partial charge in [0.15, 0.2) is 0 Å². The van der Waals surface area contributed by atoms with E-state index in [1.165, 1.54) is 10.4 Å². The van der Waals surface area contributed by atoms with Gasteiger partial charge < -0.3 is 4.90 Å². The molecule has 3 heterocycles. The summed E-state index contributed by atoms with van der Waals surface area (Å²) >= 11 is 1.78. The van der Waals surface area contributed by atoms with Crippen molar-refractivity contribution in [3.63, 3.8) is 0 Å². The quantitative estimate of drug-likeness (QED) is 0.496. The monoisotopic (exact) mass is 329 g/mol. The van der Waals surface area contributed by atoms with Crippen molar-refractivity contribution in [3.8, 4) is 0 Å². The molecule has 116 valence electrons. The molecule has 3 nitrogen and oxygen atoms in total. The Balaban J connectivity index is 1.59. The van der Waals surface area contributed by atoms with Crippen LogP contribution < -0.4 is 4.90 Å². The minimum absolute atomic E-state index is 0.258. The molecule has 1 aliphatic rings. The number of hydrogen-bond acceptors (Lipinski definition) is 4. The lowest BCUT2D eigenvalue weighted by Crippen LogP contribution is -1.96. The van der Waals surface area contributed by atoms with E-state index in [2.05, 4.69) is 70.5 Å². The maximum absolute atomic E-state index is 4.88. The van der Waals surface area contributed by atoms with E-state index in [1.807, 2.05) is 18.3 Å². The van der Waals surface area contributed by atoms with Gasteiger partial charge in [0.1, 0.15) is 11.0 Å². The highest BCUT2D eigenvalue weighted by molar-refractivity contribution is 7.18. The van der Waals surface area contributed by atoms with Gasteiger partial charge in [0, 0.05) is 11.9 Å². The molecule has 24 heavy (non-hydrogen) atoms. The van der Waals surface area contributed by atoms with Crippen LogP contribution in [0.4, 0.5) is 5.69 Å². The van der Waals surface area contributed by atoms with E-state index < -0.39 is 0 Å². The maximum Gasteiger partial charge on any atom is 0.119 e. The molecule has 0 bridgehead atoms. The zero-order chi connectivity index (χ0) is 15.9. The van der Waals surface area contributed by atoms with Gasteiger partial charge in [0.25, 0.3) is 0 Å². The van der Waals surface area contributed by atoms with Crippen LogP contribution in [-0.2, 0) is 0 Å². The van der Waals surface area contributed by atoms with E-state index in [9.17, 15) is 0 Å². The van der Waals surface area contributed by atoms with E-state index in [4.69, 9.17) is 4.98 Å². The van der Waals surface area contributed by atoms with Gasteiger partial charge in [-0.05, 0) is 36.4 Å². The van der Waals surface area contributed by atoms with Crippen LogP contribution in [-0.4, -0.2) is 9.97 Å². The van der Waals surface area contributed by atoms with Crippen molar-refractivity contribution in [3.05, 3.63) is 89.7 Å². The van der Waals surface area contributed by atoms with Gasteiger partial charge in [0.2, 0.25) is 0 Å². The van der Waals surface area contributed by atoms with Crippen LogP contribution in [0.5, 0.6) is 0 Å². The molecule has 0 saturated carbocycles. The molecular formula is C20H15N3S. The number of thiazole rings is 1. The summed E-state index contributed by atoms with van der Waals surface area (Å²) in [5, 5.41) is 1.16. The fourth-order valence-electron chi connectivity index (χ4n) is 3.28. The molecule has 0 N–H and O–H groups in total. The average Bonchev–Trinajstić information content (AvgIpc) is 3.26. The average molecular weight is 329 g/mol. The van der Waals surface area contributed by atoms with Gasteiger partial charge in [-0.1, -0.05) is 36.4 Å². The maximum atomic E-state index is 4.88. The minimum atomic E-state index is 0.258. The number of fused-ring (bicyclic) bond motifs is 1. The van der Waals surface area contributed by atoms with Crippen molar-refractivity contribution in [2.75, 3.05) is 4.90 Å². The molecule has 2 aromatic heterocycles. The molecule has 4 aromatic rings. The molecule has 2 aromatic carbocycles. The van der Waals surface area contributed by atoms with Crippen molar-refractivity contribution >= 4 is 27.2 Å². The number of hydrogen-bond donors (Lipinski definition) is 0. The highest BCUT2D eigenvalue weighted by Gasteiger charge is 2.52. The molecule has 0 amide bonds. The van der Waals surface area contributed by atoms with Crippen LogP contribution in [0, 0.1) is 0 Å². The molecule has 1 saturated heterocycles. The SMILES string of the molecule is c1ccc(N2[C@@H](c3ccccn3)[C@@H]2c2nc3ccccc3s2)cc1. The van der Waals surface area contributed by atoms with Crippen molar-refractivity contribution < 1.29 is 0 Å². The first-order valence-electron chi connectivity index (χ1n) is 8.01. The van der Waals surface area contributed by atoms with E-state index in [0.29, 0.717) is 0 Å². The van der Waals surface area contributed by atoms with E-state index in [-0.39, 0.29) is 12.1 Å². The van der Waals surface area contributed by atoms with Gasteiger partial charge in [0.05, 0.1) is 22.0 Å². The molecule has 1 aliphatic heterocycles. The van der Waals surface area contributed by atoms with Crippen molar-refractivity contribution in [1.82, 2.24) is 9.97 Å². The Labute approximate surface area is 144 Å². The zero-order valence-electron chi connectivity index (χ0n) is 12.9. The van der Waals surface area contributed by atoms with Gasteiger partial charge in [-0.15, -0.1) is 11.3 Å². The minimum Gasteiger partial charge on any atom is -0.348 e. The Hall–Kier alpha value is -2.72. The second kappa shape index (κ2) is 5.42. The van der Waals surface area contributed by atoms with Crippen molar-refractivity contribution in [1.29, 1.82) is 0 Å². The predicted molar refractivity (Wildman–Crippen MR) is 98.3 cm³/mol. The Bertz CT molecular complexity index is 903. The molecule has 0 aliphatic carbocycles. The number of rotatable bonds is 3. The van der Waals surface area contributed by atoms with Crippen molar-refractivity contribution in [2.24, 2.45) is 0 Å². The first-order chi connectivity index (χ1) is 11.9. The summed E-state index contributed by atoms with van der Waals surface area (Å²) in [5.74, 6) is 0. The number of nitrogens with zero attached hydrogens (tertiary/aromatic N) is 3. The highest BCUT2D eigenvalue weighted by atomic mass is 32.1. The lowest BCUT2D eigenvalue weighted by atomic mass is 10.2. The Morgan fingerprint density at radius 2 is 1.58 bits per heavy atom. The summed E-state index contributed by atoms with van der Waals surface area (Å²) in [6, 6.07) is 25.5. The number of anilines is 1.